The van der Waals surface area contributed by atoms with Crippen molar-refractivity contribution < 1.29 is 14.4 Å². The Balaban J connectivity index is 1.30. The number of amides is 2. The topological polar surface area (TPSA) is 74.7 Å². The Morgan fingerprint density at radius 1 is 1.08 bits per heavy atom. The average molecular weight is 493 g/mol. The number of benzene rings is 1. The fourth-order valence-corrected chi connectivity index (χ4v) is 6.80. The Kier molecular flexibility index (Phi) is 7.20. The molecular weight excluding hydrogens is 452 g/mol. The number of likely N-dealkylation sites (tertiary alicyclic amines) is 1. The number of para-hydroxylation sites is 1. The third-order valence-electron chi connectivity index (χ3n) is 8.76. The van der Waals surface area contributed by atoms with Gasteiger partial charge in [0.05, 0.1) is 5.52 Å². The summed E-state index contributed by atoms with van der Waals surface area (Å²) in [6, 6.07) is 7.65. The van der Waals surface area contributed by atoms with Gasteiger partial charge < -0.3 is 10.2 Å². The van der Waals surface area contributed by atoms with E-state index in [4.69, 9.17) is 0 Å². The molecule has 5 rings (SSSR count). The Morgan fingerprint density at radius 3 is 2.50 bits per heavy atom. The second-order valence-electron chi connectivity index (χ2n) is 11.1. The first kappa shape index (κ1) is 25.0. The van der Waals surface area contributed by atoms with Crippen molar-refractivity contribution in [1.82, 2.24) is 19.7 Å². The molecule has 1 aromatic carbocycles. The van der Waals surface area contributed by atoms with E-state index in [9.17, 15) is 14.4 Å². The van der Waals surface area contributed by atoms with Gasteiger partial charge in [0.1, 0.15) is 11.6 Å². The van der Waals surface area contributed by atoms with E-state index in [0.29, 0.717) is 25.3 Å². The number of piperazine rings is 1. The second kappa shape index (κ2) is 10.4. The van der Waals surface area contributed by atoms with Crippen LogP contribution in [0.4, 0.5) is 0 Å². The molecule has 3 heterocycles. The summed E-state index contributed by atoms with van der Waals surface area (Å²) in [5, 5.41) is 4.27. The van der Waals surface area contributed by atoms with Crippen molar-refractivity contribution in [3.63, 3.8) is 0 Å². The van der Waals surface area contributed by atoms with Crippen molar-refractivity contribution in [3.8, 4) is 0 Å². The van der Waals surface area contributed by atoms with Gasteiger partial charge in [0, 0.05) is 44.7 Å². The number of hydrogen-bond acceptors (Lipinski definition) is 4. The lowest BCUT2D eigenvalue weighted by molar-refractivity contribution is -0.162. The van der Waals surface area contributed by atoms with E-state index >= 15 is 0 Å². The van der Waals surface area contributed by atoms with Gasteiger partial charge >= 0.3 is 0 Å². The van der Waals surface area contributed by atoms with Gasteiger partial charge in [-0.2, -0.15) is 0 Å². The van der Waals surface area contributed by atoms with Crippen LogP contribution in [0.3, 0.4) is 0 Å². The zero-order valence-electron chi connectivity index (χ0n) is 21.8. The second-order valence-corrected chi connectivity index (χ2v) is 11.1. The highest BCUT2D eigenvalue weighted by Crippen LogP contribution is 2.36. The van der Waals surface area contributed by atoms with E-state index in [2.05, 4.69) is 23.2 Å². The molecule has 3 fully saturated rings. The Hall–Kier alpha value is -2.67. The summed E-state index contributed by atoms with van der Waals surface area (Å²) in [5.74, 6) is 0.721. The van der Waals surface area contributed by atoms with Gasteiger partial charge in [0.2, 0.25) is 17.7 Å². The van der Waals surface area contributed by atoms with Gasteiger partial charge in [-0.1, -0.05) is 57.2 Å². The number of fused-ring (bicyclic) bond motifs is 1. The molecular formula is C29H40N4O3. The molecule has 36 heavy (non-hydrogen) atoms. The summed E-state index contributed by atoms with van der Waals surface area (Å²) in [7, 11) is 0. The fraction of sp³-hybridized carbons (Fsp3) is 0.621. The number of hydrogen-bond donors (Lipinski definition) is 1. The van der Waals surface area contributed by atoms with Gasteiger partial charge in [-0.15, -0.1) is 0 Å². The minimum atomic E-state index is -0.736. The van der Waals surface area contributed by atoms with Crippen LogP contribution in [-0.4, -0.2) is 63.3 Å². The van der Waals surface area contributed by atoms with Crippen molar-refractivity contribution in [1.29, 1.82) is 0 Å². The van der Waals surface area contributed by atoms with Gasteiger partial charge in [0.25, 0.3) is 0 Å². The number of carbonyl (C=O) groups excluding carboxylic acids is 3. The zero-order valence-corrected chi connectivity index (χ0v) is 21.8. The van der Waals surface area contributed by atoms with Gasteiger partial charge in [-0.05, 0) is 43.2 Å². The van der Waals surface area contributed by atoms with E-state index in [1.807, 2.05) is 29.3 Å². The predicted octanol–water partition coefficient (Wildman–Crippen LogP) is 4.34. The quantitative estimate of drug-likeness (QED) is 0.651. The highest BCUT2D eigenvalue weighted by molar-refractivity contribution is 6.00. The van der Waals surface area contributed by atoms with E-state index in [-0.39, 0.29) is 23.8 Å². The molecule has 3 aliphatic rings. The maximum atomic E-state index is 13.7. The number of rotatable bonds is 6. The molecule has 7 heteroatoms. The van der Waals surface area contributed by atoms with Gasteiger partial charge in [0.15, 0.2) is 0 Å². The molecule has 1 aromatic heterocycles. The van der Waals surface area contributed by atoms with Crippen LogP contribution < -0.4 is 5.32 Å². The minimum absolute atomic E-state index is 0.00502. The largest absolute Gasteiger partial charge is 0.342 e. The van der Waals surface area contributed by atoms with Crippen molar-refractivity contribution in [2.24, 2.45) is 5.92 Å². The minimum Gasteiger partial charge on any atom is -0.342 e. The fourth-order valence-electron chi connectivity index (χ4n) is 6.80. The smallest absolute Gasteiger partial charge is 0.246 e. The Bertz CT molecular complexity index is 1120. The molecule has 2 amide bonds. The number of carbonyl (C=O) groups is 3. The summed E-state index contributed by atoms with van der Waals surface area (Å²) in [4.78, 5) is 43.7. The van der Waals surface area contributed by atoms with Crippen LogP contribution in [0.25, 0.3) is 10.9 Å². The van der Waals surface area contributed by atoms with E-state index in [0.717, 1.165) is 48.9 Å². The maximum Gasteiger partial charge on any atom is 0.246 e. The molecule has 2 aromatic rings. The van der Waals surface area contributed by atoms with Gasteiger partial charge in [-0.3, -0.25) is 23.9 Å². The molecule has 1 aliphatic carbocycles. The SMILES string of the molecule is CCCN1C(=O)C(CC2CCCCC2)NC(=O)C12CCN(Cc1cn(C(C)=O)c3ccccc13)CC2. The van der Waals surface area contributed by atoms with E-state index in [1.54, 1.807) is 11.5 Å². The van der Waals surface area contributed by atoms with E-state index < -0.39 is 5.54 Å². The number of nitrogens with one attached hydrogen (secondary N) is 1. The first-order chi connectivity index (χ1) is 17.4. The summed E-state index contributed by atoms with van der Waals surface area (Å²) < 4.78 is 1.72. The molecule has 2 saturated heterocycles. The third kappa shape index (κ3) is 4.58. The van der Waals surface area contributed by atoms with Crippen molar-refractivity contribution in [3.05, 3.63) is 36.0 Å². The average Bonchev–Trinajstić information content (AvgIpc) is 3.26. The van der Waals surface area contributed by atoms with E-state index in [1.165, 1.54) is 32.1 Å². The first-order valence-corrected chi connectivity index (χ1v) is 13.9. The predicted molar refractivity (Wildman–Crippen MR) is 141 cm³/mol. The normalized spacial score (nSPS) is 23.4. The third-order valence-corrected chi connectivity index (χ3v) is 8.76. The van der Waals surface area contributed by atoms with Crippen LogP contribution in [-0.2, 0) is 16.1 Å². The molecule has 2 aliphatic heterocycles. The van der Waals surface area contributed by atoms with Crippen LogP contribution in [0.2, 0.25) is 0 Å². The number of aromatic nitrogens is 1. The monoisotopic (exact) mass is 492 g/mol. The molecule has 7 nitrogen and oxygen atoms in total. The summed E-state index contributed by atoms with van der Waals surface area (Å²) in [6.07, 6.45) is 11.0. The molecule has 194 valence electrons. The summed E-state index contributed by atoms with van der Waals surface area (Å²) in [6.45, 7) is 6.53. The van der Waals surface area contributed by atoms with Crippen molar-refractivity contribution >= 4 is 28.6 Å². The van der Waals surface area contributed by atoms with Crippen molar-refractivity contribution in [2.45, 2.75) is 89.8 Å². The molecule has 1 spiro atoms. The van der Waals surface area contributed by atoms with Crippen LogP contribution in [0, 0.1) is 5.92 Å². The Morgan fingerprint density at radius 2 is 1.81 bits per heavy atom. The van der Waals surface area contributed by atoms with Crippen LogP contribution in [0.5, 0.6) is 0 Å². The molecule has 0 radical (unpaired) electrons. The standard InChI is InChI=1S/C29H40N4O3/c1-3-15-33-27(35)25(18-22-9-5-4-6-10-22)30-28(36)29(33)13-16-31(17-14-29)19-23-20-32(21(2)34)26-12-8-7-11-24(23)26/h7-8,11-12,20,22,25H,3-6,9-10,13-19H2,1-2H3,(H,30,36). The molecule has 1 N–H and O–H groups in total. The van der Waals surface area contributed by atoms with Crippen LogP contribution in [0.1, 0.15) is 82.0 Å². The van der Waals surface area contributed by atoms with Crippen molar-refractivity contribution in [2.75, 3.05) is 19.6 Å². The van der Waals surface area contributed by atoms with Crippen LogP contribution >= 0.6 is 0 Å². The first-order valence-electron chi connectivity index (χ1n) is 13.9. The maximum absolute atomic E-state index is 13.7. The zero-order chi connectivity index (χ0) is 25.3. The highest BCUT2D eigenvalue weighted by Gasteiger charge is 2.53. The summed E-state index contributed by atoms with van der Waals surface area (Å²) in [5.41, 5.74) is 1.32. The lowest BCUT2D eigenvalue weighted by Crippen LogP contribution is -2.73. The number of nitrogens with zero attached hydrogens (tertiary/aromatic N) is 3. The molecule has 1 saturated carbocycles. The lowest BCUT2D eigenvalue weighted by Gasteiger charge is -2.52. The number of piperidine rings is 1. The Labute approximate surface area is 214 Å². The molecule has 0 bridgehead atoms. The lowest BCUT2D eigenvalue weighted by atomic mass is 9.79. The molecule has 1 unspecified atom stereocenters. The highest BCUT2D eigenvalue weighted by atomic mass is 16.2. The molecule has 1 atom stereocenters. The van der Waals surface area contributed by atoms with Crippen LogP contribution in [0.15, 0.2) is 30.5 Å². The van der Waals surface area contributed by atoms with Gasteiger partial charge in [-0.25, -0.2) is 0 Å². The summed E-state index contributed by atoms with van der Waals surface area (Å²) >= 11 is 0.